The van der Waals surface area contributed by atoms with E-state index in [2.05, 4.69) is 9.72 Å². The number of alkyl halides is 3. The van der Waals surface area contributed by atoms with Gasteiger partial charge in [0.05, 0.1) is 12.1 Å². The SMILES string of the molecule is O=C(O)CC(CC1CCCC1)C(=O)N(c1nc(-c2cc(OC(F)(F)F)ccc2-c2ccc(N3CCCC3=O)nc2)cs1)C1CC1. The standard InChI is InChI=1S/C32H33F3N4O5S/c33-32(34,35)44-23-10-11-24(20-7-12-27(36-17-20)38-13-3-6-28(38)40)25(16-23)26-18-45-31(37-26)39(22-8-9-22)30(43)21(15-29(41)42)14-19-4-1-2-5-19/h7,10-12,16-19,21-22H,1-6,8-9,13-15H2,(H,41,42). The Kier molecular flexibility index (Phi) is 8.80. The van der Waals surface area contributed by atoms with Gasteiger partial charge in [0, 0.05) is 47.6 Å². The van der Waals surface area contributed by atoms with Gasteiger partial charge in [0.15, 0.2) is 5.13 Å². The maximum Gasteiger partial charge on any atom is 0.573 e. The van der Waals surface area contributed by atoms with Gasteiger partial charge >= 0.3 is 12.3 Å². The molecule has 3 heterocycles. The summed E-state index contributed by atoms with van der Waals surface area (Å²) in [5.41, 5.74) is 1.84. The second-order valence-electron chi connectivity index (χ2n) is 11.9. The summed E-state index contributed by atoms with van der Waals surface area (Å²) in [6.45, 7) is 0.575. The molecule has 13 heteroatoms. The Hall–Kier alpha value is -4.00. The smallest absolute Gasteiger partial charge is 0.481 e. The Balaban J connectivity index is 1.33. The number of thiazole rings is 1. The van der Waals surface area contributed by atoms with Gasteiger partial charge in [0.1, 0.15) is 11.6 Å². The zero-order valence-corrected chi connectivity index (χ0v) is 25.3. The monoisotopic (exact) mass is 642 g/mol. The van der Waals surface area contributed by atoms with Gasteiger partial charge in [0.2, 0.25) is 11.8 Å². The van der Waals surface area contributed by atoms with E-state index < -0.39 is 24.0 Å². The highest BCUT2D eigenvalue weighted by molar-refractivity contribution is 7.14. The molecular formula is C32H33F3N4O5S. The number of ether oxygens (including phenoxy) is 1. The van der Waals surface area contributed by atoms with Crippen LogP contribution in [0.4, 0.5) is 24.1 Å². The van der Waals surface area contributed by atoms with E-state index in [1.54, 1.807) is 33.5 Å². The molecule has 238 valence electrons. The molecule has 2 saturated carbocycles. The predicted octanol–water partition coefficient (Wildman–Crippen LogP) is 7.06. The lowest BCUT2D eigenvalue weighted by molar-refractivity contribution is -0.274. The first-order valence-electron chi connectivity index (χ1n) is 15.2. The number of carboxylic acids is 1. The van der Waals surface area contributed by atoms with Crippen molar-refractivity contribution in [2.45, 2.75) is 76.6 Å². The summed E-state index contributed by atoms with van der Waals surface area (Å²) in [6.07, 6.45) is 3.78. The number of carbonyl (C=O) groups excluding carboxylic acids is 2. The number of hydrogen-bond donors (Lipinski definition) is 1. The van der Waals surface area contributed by atoms with Crippen LogP contribution in [0.25, 0.3) is 22.4 Å². The van der Waals surface area contributed by atoms with Crippen LogP contribution in [-0.2, 0) is 14.4 Å². The first kappa shape index (κ1) is 31.0. The molecule has 1 atom stereocenters. The van der Waals surface area contributed by atoms with Gasteiger partial charge in [-0.3, -0.25) is 24.2 Å². The van der Waals surface area contributed by atoms with E-state index in [9.17, 15) is 32.7 Å². The Labute approximate surface area is 262 Å². The molecule has 1 saturated heterocycles. The van der Waals surface area contributed by atoms with E-state index in [-0.39, 0.29) is 24.3 Å². The van der Waals surface area contributed by atoms with E-state index in [1.165, 1.54) is 29.5 Å². The first-order chi connectivity index (χ1) is 21.6. The van der Waals surface area contributed by atoms with Crippen LogP contribution < -0.4 is 14.5 Å². The second-order valence-corrected chi connectivity index (χ2v) is 12.8. The van der Waals surface area contributed by atoms with Gasteiger partial charge < -0.3 is 9.84 Å². The Morgan fingerprint density at radius 2 is 1.87 bits per heavy atom. The molecule has 0 bridgehead atoms. The molecule has 1 aromatic carbocycles. The number of rotatable bonds is 11. The third kappa shape index (κ3) is 7.29. The number of halogens is 3. The Morgan fingerprint density at radius 3 is 2.49 bits per heavy atom. The highest BCUT2D eigenvalue weighted by Gasteiger charge is 2.40. The largest absolute Gasteiger partial charge is 0.573 e. The van der Waals surface area contributed by atoms with Crippen molar-refractivity contribution in [3.05, 3.63) is 41.9 Å². The molecule has 0 spiro atoms. The number of hydrogen-bond acceptors (Lipinski definition) is 7. The minimum absolute atomic E-state index is 0.0109. The minimum Gasteiger partial charge on any atom is -0.481 e. The van der Waals surface area contributed by atoms with Crippen LogP contribution in [0.1, 0.15) is 64.2 Å². The summed E-state index contributed by atoms with van der Waals surface area (Å²) in [7, 11) is 0. The molecule has 3 aromatic rings. The summed E-state index contributed by atoms with van der Waals surface area (Å²) in [5.74, 6) is -1.58. The lowest BCUT2D eigenvalue weighted by atomic mass is 9.90. The van der Waals surface area contributed by atoms with Crippen molar-refractivity contribution in [3.8, 4) is 28.1 Å². The Bertz CT molecular complexity index is 1570. The summed E-state index contributed by atoms with van der Waals surface area (Å²) in [4.78, 5) is 50.2. The number of aliphatic carboxylic acids is 1. The number of pyridine rings is 1. The average molecular weight is 643 g/mol. The van der Waals surface area contributed by atoms with E-state index in [0.29, 0.717) is 58.6 Å². The molecule has 45 heavy (non-hydrogen) atoms. The van der Waals surface area contributed by atoms with Crippen molar-refractivity contribution < 1.29 is 37.4 Å². The maximum atomic E-state index is 13.9. The van der Waals surface area contributed by atoms with Crippen molar-refractivity contribution >= 4 is 40.1 Å². The number of carboxylic acid groups (broad SMARTS) is 1. The van der Waals surface area contributed by atoms with Crippen LogP contribution >= 0.6 is 11.3 Å². The average Bonchev–Trinajstić information content (AvgIpc) is 3.33. The van der Waals surface area contributed by atoms with E-state index >= 15 is 0 Å². The van der Waals surface area contributed by atoms with Gasteiger partial charge in [-0.05, 0) is 67.5 Å². The van der Waals surface area contributed by atoms with Gasteiger partial charge in [-0.2, -0.15) is 0 Å². The topological polar surface area (TPSA) is 113 Å². The number of aromatic nitrogens is 2. The van der Waals surface area contributed by atoms with E-state index in [4.69, 9.17) is 4.98 Å². The fourth-order valence-electron chi connectivity index (χ4n) is 6.37. The summed E-state index contributed by atoms with van der Waals surface area (Å²) < 4.78 is 43.7. The zero-order valence-electron chi connectivity index (χ0n) is 24.5. The van der Waals surface area contributed by atoms with Crippen molar-refractivity contribution in [2.24, 2.45) is 11.8 Å². The highest BCUT2D eigenvalue weighted by Crippen LogP contribution is 2.42. The van der Waals surface area contributed by atoms with Crippen molar-refractivity contribution in [1.29, 1.82) is 0 Å². The molecule has 2 amide bonds. The van der Waals surface area contributed by atoms with Gasteiger partial charge in [-0.25, -0.2) is 9.97 Å². The molecule has 6 rings (SSSR count). The lowest BCUT2D eigenvalue weighted by Gasteiger charge is -2.26. The fourth-order valence-corrected chi connectivity index (χ4v) is 7.27. The van der Waals surface area contributed by atoms with Crippen LogP contribution in [0, 0.1) is 11.8 Å². The van der Waals surface area contributed by atoms with E-state index in [0.717, 1.165) is 44.9 Å². The normalized spacial score (nSPS) is 17.9. The van der Waals surface area contributed by atoms with Crippen molar-refractivity contribution in [3.63, 3.8) is 0 Å². The zero-order chi connectivity index (χ0) is 31.7. The molecule has 0 radical (unpaired) electrons. The third-order valence-electron chi connectivity index (χ3n) is 8.62. The van der Waals surface area contributed by atoms with Gasteiger partial charge in [-0.15, -0.1) is 24.5 Å². The summed E-state index contributed by atoms with van der Waals surface area (Å²) >= 11 is 1.19. The summed E-state index contributed by atoms with van der Waals surface area (Å²) in [6, 6.07) is 7.34. The fraction of sp³-hybridized carbons (Fsp3) is 0.469. The number of carbonyl (C=O) groups is 3. The van der Waals surface area contributed by atoms with Crippen LogP contribution in [0.15, 0.2) is 41.9 Å². The first-order valence-corrected chi connectivity index (χ1v) is 16.1. The molecule has 2 aromatic heterocycles. The quantitative estimate of drug-likeness (QED) is 0.238. The number of nitrogens with zero attached hydrogens (tertiary/aromatic N) is 4. The van der Waals surface area contributed by atoms with Crippen LogP contribution in [0.5, 0.6) is 5.75 Å². The Morgan fingerprint density at radius 1 is 1.09 bits per heavy atom. The lowest BCUT2D eigenvalue weighted by Crippen LogP contribution is -2.39. The minimum atomic E-state index is -4.90. The number of amides is 2. The van der Waals surface area contributed by atoms with Gasteiger partial charge in [-0.1, -0.05) is 25.7 Å². The maximum absolute atomic E-state index is 13.9. The molecule has 9 nitrogen and oxygen atoms in total. The second kappa shape index (κ2) is 12.8. The number of benzene rings is 1. The van der Waals surface area contributed by atoms with Gasteiger partial charge in [0.25, 0.3) is 0 Å². The third-order valence-corrected chi connectivity index (χ3v) is 9.46. The molecule has 1 N–H and O–H groups in total. The van der Waals surface area contributed by atoms with Crippen LogP contribution in [0.3, 0.4) is 0 Å². The van der Waals surface area contributed by atoms with Crippen LogP contribution in [0.2, 0.25) is 0 Å². The van der Waals surface area contributed by atoms with Crippen LogP contribution in [-0.4, -0.2) is 51.8 Å². The number of anilines is 2. The molecule has 3 fully saturated rings. The van der Waals surface area contributed by atoms with Crippen molar-refractivity contribution in [2.75, 3.05) is 16.3 Å². The molecule has 1 unspecified atom stereocenters. The summed E-state index contributed by atoms with van der Waals surface area (Å²) in [5, 5.41) is 11.7. The van der Waals surface area contributed by atoms with E-state index in [1.807, 2.05) is 0 Å². The molecular weight excluding hydrogens is 609 g/mol. The molecule has 2 aliphatic carbocycles. The highest BCUT2D eigenvalue weighted by atomic mass is 32.1. The predicted molar refractivity (Wildman–Crippen MR) is 162 cm³/mol. The molecule has 1 aliphatic heterocycles. The molecule has 3 aliphatic rings. The van der Waals surface area contributed by atoms with Crippen molar-refractivity contribution in [1.82, 2.24) is 9.97 Å².